The van der Waals surface area contributed by atoms with Gasteiger partial charge >= 0.3 is 0 Å². The molecule has 0 amide bonds. The van der Waals surface area contributed by atoms with Crippen LogP contribution in [0.4, 0.5) is 0 Å². The topological polar surface area (TPSA) is 76.6 Å². The van der Waals surface area contributed by atoms with Gasteiger partial charge in [-0.3, -0.25) is 4.90 Å². The highest BCUT2D eigenvalue weighted by Gasteiger charge is 2.62. The Morgan fingerprint density at radius 2 is 2.32 bits per heavy atom. The number of thiazole rings is 1. The van der Waals surface area contributed by atoms with E-state index in [2.05, 4.69) is 14.9 Å². The summed E-state index contributed by atoms with van der Waals surface area (Å²) in [4.78, 5) is 16.8. The number of pyridine rings is 1. The molecule has 8 heteroatoms. The first-order chi connectivity index (χ1) is 10.7. The molecule has 3 aliphatic heterocycles. The fourth-order valence-electron chi connectivity index (χ4n) is 4.06. The van der Waals surface area contributed by atoms with Crippen LogP contribution in [0.25, 0.3) is 10.3 Å². The molecule has 0 saturated carbocycles. The third-order valence-corrected chi connectivity index (χ3v) is 6.22. The molecule has 4 atom stereocenters. The molecule has 3 aliphatic rings. The van der Waals surface area contributed by atoms with Crippen molar-refractivity contribution in [2.45, 2.75) is 18.1 Å². The van der Waals surface area contributed by atoms with E-state index in [1.54, 1.807) is 17.4 Å². The average Bonchev–Trinajstić information content (AvgIpc) is 3.22. The van der Waals surface area contributed by atoms with E-state index in [9.17, 15) is 0 Å². The quantitative estimate of drug-likeness (QED) is 0.804. The lowest BCUT2D eigenvalue weighted by molar-refractivity contribution is -0.0115. The minimum Gasteiger partial charge on any atom is -0.454 e. The molecule has 22 heavy (non-hydrogen) atoms. The number of aliphatic imine (C=N–C) groups is 1. The molecule has 5 rings (SSSR count). The largest absolute Gasteiger partial charge is 0.454 e. The Hall–Kier alpha value is -1.44. The van der Waals surface area contributed by atoms with E-state index in [-0.39, 0.29) is 11.6 Å². The Morgan fingerprint density at radius 3 is 3.14 bits per heavy atom. The van der Waals surface area contributed by atoms with E-state index in [1.807, 2.05) is 6.07 Å². The van der Waals surface area contributed by atoms with Gasteiger partial charge in [0, 0.05) is 12.5 Å². The van der Waals surface area contributed by atoms with E-state index < -0.39 is 0 Å². The fourth-order valence-corrected chi connectivity index (χ4v) is 5.42. The van der Waals surface area contributed by atoms with Crippen LogP contribution in [0.15, 0.2) is 17.1 Å². The van der Waals surface area contributed by atoms with Crippen LogP contribution in [0.5, 0.6) is 0 Å². The summed E-state index contributed by atoms with van der Waals surface area (Å²) in [5.74, 6) is 0.464. The Bertz CT molecular complexity index is 808. The molecule has 2 saturated heterocycles. The van der Waals surface area contributed by atoms with Gasteiger partial charge in [0.25, 0.3) is 6.02 Å². The third kappa shape index (κ3) is 1.61. The first-order valence-electron chi connectivity index (χ1n) is 7.32. The van der Waals surface area contributed by atoms with E-state index in [0.717, 1.165) is 34.9 Å². The first kappa shape index (κ1) is 13.0. The predicted molar refractivity (Wildman–Crippen MR) is 85.2 cm³/mol. The summed E-state index contributed by atoms with van der Waals surface area (Å²) in [6.45, 7) is 2.72. The molecular formula is C14H14ClN5OS. The van der Waals surface area contributed by atoms with Gasteiger partial charge in [-0.25, -0.2) is 15.0 Å². The standard InChI is InChI=1S/C14H14ClN5OS/c15-9-2-1-8-11(19-9)22-12(18-8)10-14(6-17-13(16)21-14)7-3-4-20(10)5-7/h1-2,7,10H,3-6H2,(H2,16,17). The summed E-state index contributed by atoms with van der Waals surface area (Å²) in [6, 6.07) is 4.10. The van der Waals surface area contributed by atoms with Crippen LogP contribution in [-0.2, 0) is 4.74 Å². The zero-order valence-corrected chi connectivity index (χ0v) is 13.3. The molecule has 1 spiro atoms. The van der Waals surface area contributed by atoms with Crippen LogP contribution in [0.2, 0.25) is 5.15 Å². The van der Waals surface area contributed by atoms with Gasteiger partial charge in [0.2, 0.25) is 0 Å². The number of ether oxygens (including phenoxy) is 1. The minimum atomic E-state index is -0.347. The van der Waals surface area contributed by atoms with Crippen LogP contribution in [0, 0.1) is 5.92 Å². The van der Waals surface area contributed by atoms with Crippen molar-refractivity contribution in [2.75, 3.05) is 19.6 Å². The molecular weight excluding hydrogens is 322 g/mol. The Balaban J connectivity index is 1.62. The molecule has 0 aliphatic carbocycles. The number of nitrogens with two attached hydrogens (primary N) is 1. The number of hydrogen-bond acceptors (Lipinski definition) is 7. The van der Waals surface area contributed by atoms with Crippen molar-refractivity contribution in [3.05, 3.63) is 22.3 Å². The van der Waals surface area contributed by atoms with Crippen LogP contribution >= 0.6 is 22.9 Å². The fraction of sp³-hybridized carbons (Fsp3) is 0.500. The second-order valence-corrected chi connectivity index (χ2v) is 7.50. The normalized spacial score (nSPS) is 36.2. The minimum absolute atomic E-state index is 0.106. The van der Waals surface area contributed by atoms with Gasteiger partial charge in [-0.1, -0.05) is 22.9 Å². The van der Waals surface area contributed by atoms with E-state index in [4.69, 9.17) is 27.1 Å². The maximum atomic E-state index is 6.04. The molecule has 2 aromatic rings. The van der Waals surface area contributed by atoms with Crippen molar-refractivity contribution in [1.29, 1.82) is 0 Å². The van der Waals surface area contributed by atoms with Crippen LogP contribution in [0.1, 0.15) is 17.5 Å². The van der Waals surface area contributed by atoms with Crippen molar-refractivity contribution in [3.8, 4) is 0 Å². The lowest BCUT2D eigenvalue weighted by Crippen LogP contribution is -2.48. The number of amidine groups is 1. The number of fused-ring (bicyclic) bond motifs is 4. The van der Waals surface area contributed by atoms with Gasteiger partial charge in [-0.15, -0.1) is 0 Å². The SMILES string of the molecule is NC1=NCC2(O1)C1CCN(C1)C2c1nc2ccc(Cl)nc2s1. The van der Waals surface area contributed by atoms with Gasteiger partial charge in [-0.05, 0) is 25.1 Å². The summed E-state index contributed by atoms with van der Waals surface area (Å²) < 4.78 is 6.04. The smallest absolute Gasteiger partial charge is 0.282 e. The highest BCUT2D eigenvalue weighted by Crippen LogP contribution is 2.54. The average molecular weight is 336 g/mol. The number of hydrogen-bond donors (Lipinski definition) is 1. The first-order valence-corrected chi connectivity index (χ1v) is 8.51. The molecule has 6 nitrogen and oxygen atoms in total. The van der Waals surface area contributed by atoms with Crippen molar-refractivity contribution in [2.24, 2.45) is 16.6 Å². The summed E-state index contributed by atoms with van der Waals surface area (Å²) in [5.41, 5.74) is 6.36. The van der Waals surface area contributed by atoms with Crippen molar-refractivity contribution < 1.29 is 4.74 Å². The maximum absolute atomic E-state index is 6.04. The lowest BCUT2D eigenvalue weighted by atomic mass is 9.82. The molecule has 0 radical (unpaired) electrons. The maximum Gasteiger partial charge on any atom is 0.282 e. The molecule has 2 N–H and O–H groups in total. The zero-order chi connectivity index (χ0) is 14.9. The van der Waals surface area contributed by atoms with Crippen LogP contribution < -0.4 is 5.73 Å². The van der Waals surface area contributed by atoms with Crippen LogP contribution in [0.3, 0.4) is 0 Å². The molecule has 0 aromatic carbocycles. The Morgan fingerprint density at radius 1 is 1.41 bits per heavy atom. The number of nitrogens with zero attached hydrogens (tertiary/aromatic N) is 4. The second kappa shape index (κ2) is 4.31. The third-order valence-electron chi connectivity index (χ3n) is 4.99. The van der Waals surface area contributed by atoms with Gasteiger partial charge in [0.1, 0.15) is 26.5 Å². The highest BCUT2D eigenvalue weighted by molar-refractivity contribution is 7.18. The monoisotopic (exact) mass is 335 g/mol. The summed E-state index contributed by atoms with van der Waals surface area (Å²) in [7, 11) is 0. The van der Waals surface area contributed by atoms with Crippen molar-refractivity contribution in [1.82, 2.24) is 14.9 Å². The van der Waals surface area contributed by atoms with Gasteiger partial charge in [-0.2, -0.15) is 0 Å². The second-order valence-electron chi connectivity index (χ2n) is 6.10. The van der Waals surface area contributed by atoms with E-state index in [1.165, 1.54) is 0 Å². The van der Waals surface area contributed by atoms with Crippen molar-refractivity contribution >= 4 is 39.3 Å². The van der Waals surface area contributed by atoms with Gasteiger partial charge in [0.05, 0.1) is 6.54 Å². The molecule has 4 unspecified atom stereocenters. The molecule has 2 fully saturated rings. The molecule has 2 aromatic heterocycles. The Kier molecular flexibility index (Phi) is 2.55. The summed E-state index contributed by atoms with van der Waals surface area (Å²) >= 11 is 7.58. The lowest BCUT2D eigenvalue weighted by Gasteiger charge is -2.38. The van der Waals surface area contributed by atoms with Crippen molar-refractivity contribution in [3.63, 3.8) is 0 Å². The summed E-state index contributed by atoms with van der Waals surface area (Å²) in [5, 5.41) is 1.52. The van der Waals surface area contributed by atoms with Gasteiger partial charge < -0.3 is 10.5 Å². The molecule has 5 heterocycles. The number of rotatable bonds is 1. The summed E-state index contributed by atoms with van der Waals surface area (Å²) in [6.07, 6.45) is 1.13. The van der Waals surface area contributed by atoms with Crippen LogP contribution in [-0.4, -0.2) is 46.1 Å². The van der Waals surface area contributed by atoms with E-state index >= 15 is 0 Å². The van der Waals surface area contributed by atoms with Gasteiger partial charge in [0.15, 0.2) is 5.60 Å². The zero-order valence-electron chi connectivity index (χ0n) is 11.7. The molecule has 114 valence electrons. The number of aromatic nitrogens is 2. The highest BCUT2D eigenvalue weighted by atomic mass is 35.5. The predicted octanol–water partition coefficient (Wildman–Crippen LogP) is 1.81. The number of piperidine rings is 1. The Labute approximate surface area is 136 Å². The molecule has 2 bridgehead atoms. The van der Waals surface area contributed by atoms with E-state index in [0.29, 0.717) is 23.6 Å². The number of halogens is 1.